The Bertz CT molecular complexity index is 970. The molecule has 134 valence electrons. The van der Waals surface area contributed by atoms with Gasteiger partial charge in [-0.15, -0.1) is 0 Å². The van der Waals surface area contributed by atoms with E-state index in [1.165, 1.54) is 0 Å². The van der Waals surface area contributed by atoms with Crippen molar-refractivity contribution in [3.05, 3.63) is 29.7 Å². The molecular formula is C12H8F4N4O4S. The molecule has 0 aliphatic carbocycles. The van der Waals surface area contributed by atoms with Gasteiger partial charge in [-0.3, -0.25) is 9.89 Å². The fourth-order valence-electron chi connectivity index (χ4n) is 2.25. The van der Waals surface area contributed by atoms with Gasteiger partial charge in [-0.2, -0.15) is 26.7 Å². The summed E-state index contributed by atoms with van der Waals surface area (Å²) in [5.74, 6) is -3.10. The van der Waals surface area contributed by atoms with Crippen LogP contribution in [0, 0.1) is 5.82 Å². The van der Waals surface area contributed by atoms with Crippen molar-refractivity contribution in [2.75, 3.05) is 10.8 Å². The van der Waals surface area contributed by atoms with Gasteiger partial charge in [0.2, 0.25) is 0 Å². The average molecular weight is 380 g/mol. The number of nitrogens with zero attached hydrogens (tertiary/aromatic N) is 2. The van der Waals surface area contributed by atoms with Crippen LogP contribution in [0.1, 0.15) is 5.69 Å². The summed E-state index contributed by atoms with van der Waals surface area (Å²) < 4.78 is 78.0. The molecule has 0 bridgehead atoms. The molecule has 1 amide bonds. The molecule has 1 aliphatic heterocycles. The number of hydrogen-bond acceptors (Lipinski definition) is 5. The molecule has 25 heavy (non-hydrogen) atoms. The highest BCUT2D eigenvalue weighted by atomic mass is 32.2. The molecule has 1 aromatic heterocycles. The highest BCUT2D eigenvalue weighted by Gasteiger charge is 2.38. The number of nitrogens with one attached hydrogen (secondary N) is 2. The fraction of sp³-hybridized carbons (Fsp3) is 0.167. The van der Waals surface area contributed by atoms with Crippen LogP contribution in [0.4, 0.5) is 23.2 Å². The maximum atomic E-state index is 14.7. The normalized spacial score (nSPS) is 17.0. The lowest BCUT2D eigenvalue weighted by molar-refractivity contribution is -0.141. The molecule has 1 aromatic carbocycles. The first-order valence-corrected chi connectivity index (χ1v) is 7.92. The molecule has 2 heterocycles. The van der Waals surface area contributed by atoms with Crippen molar-refractivity contribution < 1.29 is 35.9 Å². The van der Waals surface area contributed by atoms with Crippen molar-refractivity contribution in [1.29, 1.82) is 0 Å². The molecule has 3 N–H and O–H groups in total. The van der Waals surface area contributed by atoms with Gasteiger partial charge in [0.25, 0.3) is 5.91 Å². The number of rotatable bonds is 2. The molecule has 0 unspecified atom stereocenters. The van der Waals surface area contributed by atoms with E-state index in [0.29, 0.717) is 6.07 Å². The number of phenolic OH excluding ortho intramolecular Hbond substituents is 1. The zero-order valence-electron chi connectivity index (χ0n) is 11.9. The Balaban J connectivity index is 2.13. The van der Waals surface area contributed by atoms with Crippen molar-refractivity contribution in [3.8, 4) is 17.0 Å². The number of carbonyl (C=O) groups excluding carboxylic acids is 1. The third-order valence-corrected chi connectivity index (χ3v) is 4.70. The van der Waals surface area contributed by atoms with Crippen LogP contribution in [-0.2, 0) is 21.2 Å². The molecular weight excluding hydrogens is 372 g/mol. The highest BCUT2D eigenvalue weighted by molar-refractivity contribution is 7.92. The van der Waals surface area contributed by atoms with Gasteiger partial charge in [-0.1, -0.05) is 0 Å². The predicted octanol–water partition coefficient (Wildman–Crippen LogP) is 1.12. The van der Waals surface area contributed by atoms with Crippen LogP contribution in [-0.4, -0.2) is 36.2 Å². The zero-order valence-corrected chi connectivity index (χ0v) is 12.7. The van der Waals surface area contributed by atoms with Crippen molar-refractivity contribution in [2.45, 2.75) is 6.18 Å². The lowest BCUT2D eigenvalue weighted by Gasteiger charge is -2.18. The second-order valence-corrected chi connectivity index (χ2v) is 6.59. The quantitative estimate of drug-likeness (QED) is 0.676. The number of H-pyrrole nitrogens is 1. The molecule has 1 fully saturated rings. The topological polar surface area (TPSA) is 115 Å². The number of phenols is 1. The van der Waals surface area contributed by atoms with E-state index in [9.17, 15) is 35.9 Å². The SMILES string of the molecule is O=C1CN(c2c(O)ccc(-c3cc(C(F)(F)F)n[nH]3)c2F)S(=O)(=O)N1. The molecule has 1 aliphatic rings. The van der Waals surface area contributed by atoms with Gasteiger partial charge in [0.15, 0.2) is 11.5 Å². The Labute approximate surface area is 137 Å². The van der Waals surface area contributed by atoms with Gasteiger partial charge in [0.05, 0.1) is 5.69 Å². The van der Waals surface area contributed by atoms with Gasteiger partial charge in [0, 0.05) is 5.56 Å². The van der Waals surface area contributed by atoms with E-state index in [1.807, 2.05) is 5.10 Å². The number of amides is 1. The number of anilines is 1. The third-order valence-electron chi connectivity index (χ3n) is 3.32. The van der Waals surface area contributed by atoms with Crippen LogP contribution < -0.4 is 9.03 Å². The Morgan fingerprint density at radius 3 is 2.48 bits per heavy atom. The molecule has 2 aromatic rings. The smallest absolute Gasteiger partial charge is 0.435 e. The summed E-state index contributed by atoms with van der Waals surface area (Å²) in [4.78, 5) is 11.3. The minimum absolute atomic E-state index is 0.282. The maximum absolute atomic E-state index is 14.7. The highest BCUT2D eigenvalue weighted by Crippen LogP contribution is 2.39. The van der Waals surface area contributed by atoms with Crippen molar-refractivity contribution in [2.24, 2.45) is 0 Å². The van der Waals surface area contributed by atoms with Crippen molar-refractivity contribution in [3.63, 3.8) is 0 Å². The number of aromatic hydroxyl groups is 1. The summed E-state index contributed by atoms with van der Waals surface area (Å²) in [5, 5.41) is 14.8. The first-order chi connectivity index (χ1) is 11.5. The second kappa shape index (κ2) is 5.34. The molecule has 8 nitrogen and oxygen atoms in total. The third kappa shape index (κ3) is 2.86. The maximum Gasteiger partial charge on any atom is 0.435 e. The standard InChI is InChI=1S/C12H8F4N4O4S/c13-10-5(6-3-8(18-17-6)12(14,15)16)1-2-7(21)11(10)20-4-9(22)19-25(20,23)24/h1-3,21H,4H2,(H,17,18)(H,19,22). The molecule has 0 radical (unpaired) electrons. The minimum atomic E-state index is -4.76. The number of benzene rings is 1. The Morgan fingerprint density at radius 1 is 1.28 bits per heavy atom. The minimum Gasteiger partial charge on any atom is -0.506 e. The van der Waals surface area contributed by atoms with Gasteiger partial charge >= 0.3 is 16.4 Å². The summed E-state index contributed by atoms with van der Waals surface area (Å²) in [7, 11) is -4.42. The summed E-state index contributed by atoms with van der Waals surface area (Å²) >= 11 is 0. The number of hydrogen-bond donors (Lipinski definition) is 3. The first kappa shape index (κ1) is 17.0. The number of carbonyl (C=O) groups is 1. The van der Waals surface area contributed by atoms with Crippen LogP contribution >= 0.6 is 0 Å². The van der Waals surface area contributed by atoms with E-state index in [0.717, 1.165) is 12.1 Å². The molecule has 0 atom stereocenters. The summed E-state index contributed by atoms with van der Waals surface area (Å²) in [6.45, 7) is -0.785. The first-order valence-electron chi connectivity index (χ1n) is 6.48. The van der Waals surface area contributed by atoms with E-state index in [2.05, 4.69) is 5.10 Å². The van der Waals surface area contributed by atoms with Crippen LogP contribution in [0.2, 0.25) is 0 Å². The van der Waals surface area contributed by atoms with E-state index in [-0.39, 0.29) is 10.00 Å². The average Bonchev–Trinajstić information content (AvgIpc) is 3.04. The van der Waals surface area contributed by atoms with Crippen LogP contribution in [0.5, 0.6) is 5.75 Å². The number of aromatic amines is 1. The molecule has 0 saturated carbocycles. The predicted molar refractivity (Wildman–Crippen MR) is 75.1 cm³/mol. The number of alkyl halides is 3. The van der Waals surface area contributed by atoms with Gasteiger partial charge in [-0.05, 0) is 18.2 Å². The summed E-state index contributed by atoms with van der Waals surface area (Å²) in [6, 6.07) is 2.36. The molecule has 13 heteroatoms. The van der Waals surface area contributed by atoms with E-state index >= 15 is 0 Å². The fourth-order valence-corrected chi connectivity index (χ4v) is 3.41. The summed E-state index contributed by atoms with van der Waals surface area (Å²) in [6.07, 6.45) is -4.76. The van der Waals surface area contributed by atoms with Crippen LogP contribution in [0.15, 0.2) is 18.2 Å². The second-order valence-electron chi connectivity index (χ2n) is 5.00. The summed E-state index contributed by atoms with van der Waals surface area (Å²) in [5.41, 5.74) is -3.02. The monoisotopic (exact) mass is 380 g/mol. The Hall–Kier alpha value is -2.83. The van der Waals surface area contributed by atoms with E-state index < -0.39 is 57.3 Å². The van der Waals surface area contributed by atoms with Crippen molar-refractivity contribution in [1.82, 2.24) is 14.9 Å². The van der Waals surface area contributed by atoms with Gasteiger partial charge in [0.1, 0.15) is 18.0 Å². The van der Waals surface area contributed by atoms with Crippen molar-refractivity contribution >= 4 is 21.8 Å². The molecule has 1 saturated heterocycles. The van der Waals surface area contributed by atoms with Gasteiger partial charge < -0.3 is 5.11 Å². The zero-order chi connectivity index (χ0) is 18.6. The van der Waals surface area contributed by atoms with Crippen LogP contribution in [0.25, 0.3) is 11.3 Å². The number of halogens is 4. The van der Waals surface area contributed by atoms with E-state index in [4.69, 9.17) is 0 Å². The molecule has 0 spiro atoms. The van der Waals surface area contributed by atoms with Crippen LogP contribution in [0.3, 0.4) is 0 Å². The Kier molecular flexibility index (Phi) is 3.63. The van der Waals surface area contributed by atoms with E-state index in [1.54, 1.807) is 4.72 Å². The van der Waals surface area contributed by atoms with Gasteiger partial charge in [-0.25, -0.2) is 13.4 Å². The number of aromatic nitrogens is 2. The molecule has 3 rings (SSSR count). The lowest BCUT2D eigenvalue weighted by atomic mass is 10.1. The largest absolute Gasteiger partial charge is 0.506 e. The Morgan fingerprint density at radius 2 is 1.96 bits per heavy atom. The lowest BCUT2D eigenvalue weighted by Crippen LogP contribution is -2.30.